The minimum atomic E-state index is -0.844. The Hall–Kier alpha value is -2.58. The molecule has 156 valence electrons. The van der Waals surface area contributed by atoms with Gasteiger partial charge in [0.15, 0.2) is 6.73 Å². The Kier molecular flexibility index (Phi) is 7.48. The second-order valence-electron chi connectivity index (χ2n) is 5.76. The van der Waals surface area contributed by atoms with Crippen molar-refractivity contribution < 1.29 is 29.5 Å². The molecule has 0 unspecified atom stereocenters. The SMILES string of the molecule is O=C(OCCCON(O)O)OCN1CCN=C1Nc1ccc2nccnc2c1Br. The highest BCUT2D eigenvalue weighted by Crippen LogP contribution is 2.29. The lowest BCUT2D eigenvalue weighted by Crippen LogP contribution is -2.36. The zero-order valence-electron chi connectivity index (χ0n) is 15.2. The molecular formula is C16H19BrN6O6. The van der Waals surface area contributed by atoms with Gasteiger partial charge < -0.3 is 19.7 Å². The molecule has 3 N–H and O–H groups in total. The Labute approximate surface area is 173 Å². The third kappa shape index (κ3) is 5.95. The highest BCUT2D eigenvalue weighted by atomic mass is 79.9. The van der Waals surface area contributed by atoms with E-state index in [1.165, 1.54) is 0 Å². The number of guanidine groups is 1. The number of hydrogen-bond acceptors (Lipinski definition) is 12. The molecule has 1 aromatic carbocycles. The fraction of sp³-hybridized carbons (Fsp3) is 0.375. The van der Waals surface area contributed by atoms with Crippen LogP contribution >= 0.6 is 15.9 Å². The van der Waals surface area contributed by atoms with Crippen LogP contribution in [0.1, 0.15) is 6.42 Å². The molecule has 2 heterocycles. The molecule has 0 saturated heterocycles. The predicted octanol–water partition coefficient (Wildman–Crippen LogP) is 1.99. The van der Waals surface area contributed by atoms with Crippen molar-refractivity contribution >= 4 is 44.8 Å². The molecule has 0 aliphatic carbocycles. The zero-order valence-corrected chi connectivity index (χ0v) is 16.8. The number of nitrogens with zero attached hydrogens (tertiary/aromatic N) is 5. The smallest absolute Gasteiger partial charge is 0.434 e. The van der Waals surface area contributed by atoms with Crippen LogP contribution in [-0.2, 0) is 14.3 Å². The van der Waals surface area contributed by atoms with Crippen molar-refractivity contribution in [3.8, 4) is 0 Å². The van der Waals surface area contributed by atoms with Crippen molar-refractivity contribution in [3.05, 3.63) is 29.0 Å². The number of ether oxygens (including phenoxy) is 2. The van der Waals surface area contributed by atoms with E-state index in [-0.39, 0.29) is 26.4 Å². The summed E-state index contributed by atoms with van der Waals surface area (Å²) in [5.74, 6) is 0.557. The van der Waals surface area contributed by atoms with Crippen LogP contribution in [-0.4, -0.2) is 75.8 Å². The number of aromatic nitrogens is 2. The van der Waals surface area contributed by atoms with E-state index in [9.17, 15) is 4.79 Å². The first kappa shape index (κ1) is 21.1. The first-order valence-corrected chi connectivity index (χ1v) is 9.40. The van der Waals surface area contributed by atoms with E-state index >= 15 is 0 Å². The highest BCUT2D eigenvalue weighted by Gasteiger charge is 2.20. The summed E-state index contributed by atoms with van der Waals surface area (Å²) >= 11 is 3.53. The summed E-state index contributed by atoms with van der Waals surface area (Å²) in [6.45, 7) is 1.08. The first-order chi connectivity index (χ1) is 14.0. The minimum absolute atomic E-state index is 0.0109. The van der Waals surface area contributed by atoms with Crippen LogP contribution in [0.2, 0.25) is 0 Å². The molecule has 29 heavy (non-hydrogen) atoms. The number of halogens is 1. The Morgan fingerprint density at radius 2 is 2.07 bits per heavy atom. The number of nitrogens with one attached hydrogen (secondary N) is 1. The molecule has 0 amide bonds. The van der Waals surface area contributed by atoms with Gasteiger partial charge >= 0.3 is 6.16 Å². The number of benzene rings is 1. The molecule has 0 radical (unpaired) electrons. The molecule has 1 aliphatic rings. The molecule has 0 spiro atoms. The van der Waals surface area contributed by atoms with E-state index < -0.39 is 11.5 Å². The number of aliphatic imine (C=N–C) groups is 1. The molecule has 13 heteroatoms. The number of rotatable bonds is 8. The van der Waals surface area contributed by atoms with Crippen LogP contribution in [0.25, 0.3) is 11.0 Å². The van der Waals surface area contributed by atoms with Crippen LogP contribution in [0.3, 0.4) is 0 Å². The van der Waals surface area contributed by atoms with Gasteiger partial charge in [-0.25, -0.2) is 4.79 Å². The monoisotopic (exact) mass is 470 g/mol. The lowest BCUT2D eigenvalue weighted by atomic mass is 10.2. The first-order valence-electron chi connectivity index (χ1n) is 8.60. The Morgan fingerprint density at radius 3 is 2.90 bits per heavy atom. The number of carbonyl (C=O) groups excluding carboxylic acids is 1. The Balaban J connectivity index is 1.48. The molecule has 2 aromatic rings. The van der Waals surface area contributed by atoms with Gasteiger partial charge in [0.1, 0.15) is 5.52 Å². The topological polar surface area (TPSA) is 142 Å². The standard InChI is InChI=1S/C16H19BrN6O6/c17-13-11(2-3-12-14(13)19-5-4-18-12)21-15-20-6-7-22(15)10-28-16(24)27-8-1-9-29-23(25)26/h2-5,25-26H,1,6-10H2,(H,20,21). The summed E-state index contributed by atoms with van der Waals surface area (Å²) in [5.41, 5.74) is 2.24. The van der Waals surface area contributed by atoms with Gasteiger partial charge in [-0.3, -0.25) is 30.2 Å². The van der Waals surface area contributed by atoms with Crippen molar-refractivity contribution in [1.29, 1.82) is 0 Å². The fourth-order valence-electron chi connectivity index (χ4n) is 2.48. The fourth-order valence-corrected chi connectivity index (χ4v) is 3.02. The third-order valence-electron chi connectivity index (χ3n) is 3.81. The third-order valence-corrected chi connectivity index (χ3v) is 4.61. The summed E-state index contributed by atoms with van der Waals surface area (Å²) in [6.07, 6.45) is 2.67. The normalized spacial score (nSPS) is 13.7. The van der Waals surface area contributed by atoms with Crippen molar-refractivity contribution in [2.45, 2.75) is 6.42 Å². The van der Waals surface area contributed by atoms with E-state index in [0.29, 0.717) is 19.0 Å². The predicted molar refractivity (Wildman–Crippen MR) is 103 cm³/mol. The van der Waals surface area contributed by atoms with Gasteiger partial charge in [0.05, 0.1) is 40.8 Å². The van der Waals surface area contributed by atoms with Crippen LogP contribution in [0.15, 0.2) is 34.0 Å². The molecule has 12 nitrogen and oxygen atoms in total. The van der Waals surface area contributed by atoms with Gasteiger partial charge in [-0.05, 0) is 28.1 Å². The van der Waals surface area contributed by atoms with E-state index in [4.69, 9.17) is 19.9 Å². The highest BCUT2D eigenvalue weighted by molar-refractivity contribution is 9.10. The molecule has 0 saturated carbocycles. The molecule has 1 aliphatic heterocycles. The summed E-state index contributed by atoms with van der Waals surface area (Å²) in [4.78, 5) is 30.7. The van der Waals surface area contributed by atoms with Crippen LogP contribution in [0.5, 0.6) is 0 Å². The largest absolute Gasteiger partial charge is 0.510 e. The van der Waals surface area contributed by atoms with Crippen molar-refractivity contribution in [3.63, 3.8) is 0 Å². The van der Waals surface area contributed by atoms with E-state index in [0.717, 1.165) is 21.2 Å². The van der Waals surface area contributed by atoms with E-state index in [2.05, 4.69) is 41.0 Å². The molecule has 0 fully saturated rings. The Bertz CT molecular complexity index is 882. The van der Waals surface area contributed by atoms with Gasteiger partial charge in [-0.15, -0.1) is 0 Å². The molecule has 1 aromatic heterocycles. The molecular weight excluding hydrogens is 452 g/mol. The lowest BCUT2D eigenvalue weighted by Gasteiger charge is -2.21. The second-order valence-corrected chi connectivity index (χ2v) is 6.55. The van der Waals surface area contributed by atoms with Crippen LogP contribution in [0, 0.1) is 0 Å². The van der Waals surface area contributed by atoms with Gasteiger partial charge in [-0.1, -0.05) is 0 Å². The number of carbonyl (C=O) groups is 1. The van der Waals surface area contributed by atoms with Gasteiger partial charge in [0, 0.05) is 25.4 Å². The zero-order chi connectivity index (χ0) is 20.6. The maximum absolute atomic E-state index is 11.7. The Morgan fingerprint density at radius 1 is 1.24 bits per heavy atom. The summed E-state index contributed by atoms with van der Waals surface area (Å²) in [5, 5.41) is 19.5. The van der Waals surface area contributed by atoms with Crippen LogP contribution in [0.4, 0.5) is 10.5 Å². The average Bonchev–Trinajstić information content (AvgIpc) is 3.15. The van der Waals surface area contributed by atoms with Crippen molar-refractivity contribution in [2.75, 3.05) is 38.4 Å². The lowest BCUT2D eigenvalue weighted by molar-refractivity contribution is -0.492. The van der Waals surface area contributed by atoms with E-state index in [1.807, 2.05) is 12.1 Å². The van der Waals surface area contributed by atoms with Crippen molar-refractivity contribution in [2.24, 2.45) is 4.99 Å². The molecule has 0 bridgehead atoms. The summed E-state index contributed by atoms with van der Waals surface area (Å²) in [7, 11) is 0. The minimum Gasteiger partial charge on any atom is -0.434 e. The maximum Gasteiger partial charge on any atom is 0.510 e. The van der Waals surface area contributed by atoms with Gasteiger partial charge in [0.2, 0.25) is 5.96 Å². The van der Waals surface area contributed by atoms with Gasteiger partial charge in [0.25, 0.3) is 0 Å². The van der Waals surface area contributed by atoms with Crippen LogP contribution < -0.4 is 5.32 Å². The quantitative estimate of drug-likeness (QED) is 0.296. The summed E-state index contributed by atoms with van der Waals surface area (Å²) in [6, 6.07) is 3.71. The maximum atomic E-state index is 11.7. The molecule has 0 atom stereocenters. The summed E-state index contributed by atoms with van der Waals surface area (Å²) < 4.78 is 10.7. The van der Waals surface area contributed by atoms with Gasteiger partial charge in [-0.2, -0.15) is 0 Å². The average molecular weight is 471 g/mol. The number of hydrogen-bond donors (Lipinski definition) is 3. The number of fused-ring (bicyclic) bond motifs is 1. The van der Waals surface area contributed by atoms with E-state index in [1.54, 1.807) is 17.3 Å². The van der Waals surface area contributed by atoms with Crippen molar-refractivity contribution in [1.82, 2.24) is 20.3 Å². The second kappa shape index (κ2) is 10.3. The molecule has 3 rings (SSSR count). The number of anilines is 1.